The van der Waals surface area contributed by atoms with E-state index in [0.717, 1.165) is 10.8 Å². The van der Waals surface area contributed by atoms with Crippen LogP contribution in [0.25, 0.3) is 33.4 Å². The van der Waals surface area contributed by atoms with E-state index < -0.39 is 61.1 Å². The number of benzene rings is 4. The number of fused-ring (bicyclic) bond motifs is 2. The van der Waals surface area contributed by atoms with Crippen molar-refractivity contribution < 1.29 is 45.7 Å². The van der Waals surface area contributed by atoms with Crippen LogP contribution in [0, 0.1) is 11.6 Å². The summed E-state index contributed by atoms with van der Waals surface area (Å²) in [6.07, 6.45) is 4.33. The van der Waals surface area contributed by atoms with Crippen LogP contribution in [-0.4, -0.2) is 78.7 Å². The fourth-order valence-electron chi connectivity index (χ4n) is 6.56. The van der Waals surface area contributed by atoms with Gasteiger partial charge in [-0.05, 0) is 145 Å². The molecule has 75 heavy (non-hydrogen) atoms. The Morgan fingerprint density at radius 1 is 0.640 bits per heavy atom. The molecule has 0 unspecified atom stereocenters. The van der Waals surface area contributed by atoms with Crippen molar-refractivity contribution >= 4 is 90.4 Å². The van der Waals surface area contributed by atoms with Crippen molar-refractivity contribution in [2.75, 3.05) is 28.5 Å². The highest BCUT2D eigenvalue weighted by atomic mass is 35.5. The third-order valence-corrected chi connectivity index (χ3v) is 10.9. The van der Waals surface area contributed by atoms with E-state index >= 15 is 0 Å². The van der Waals surface area contributed by atoms with Gasteiger partial charge in [-0.1, -0.05) is 23.9 Å². The van der Waals surface area contributed by atoms with Gasteiger partial charge in [0.05, 0.1) is 16.7 Å². The van der Waals surface area contributed by atoms with E-state index in [1.54, 1.807) is 96.3 Å². The Balaban J connectivity index is 0.000000232. The van der Waals surface area contributed by atoms with Crippen LogP contribution >= 0.6 is 35.0 Å². The number of rotatable bonds is 10. The molecule has 0 spiro atoms. The zero-order valence-corrected chi connectivity index (χ0v) is 44.5. The fourth-order valence-corrected chi connectivity index (χ4v) is 7.40. The Morgan fingerprint density at radius 2 is 1.04 bits per heavy atom. The molecule has 2 N–H and O–H groups in total. The summed E-state index contributed by atoms with van der Waals surface area (Å²) in [4.78, 5) is 68.5. The SMILES string of the molecule is CC(C)(C)OC(=O)Nc1cccc(-n2c(=O)c(Oc3ccc(F)cc3)cc3cnc(S(C)(=O)=O)nc32)c1.CSc1ncc2cc(Oc3ccc(F)cc3)c(=O)n(-c3cccc(NC(=O)OC(C)(C)C)c3)c2n1.ClCCl. The monoisotopic (exact) mass is 1100 g/mol. The minimum atomic E-state index is -3.79. The number of nitrogens with one attached hydrogen (secondary N) is 2. The number of carbonyl (C=O) groups is 2. The van der Waals surface area contributed by atoms with Crippen LogP contribution in [0.1, 0.15) is 41.5 Å². The Hall–Kier alpha value is -7.66. The number of anilines is 2. The standard InChI is InChI=1S/C25H23FN4O6S.C25H23FN4O4S.CH2Cl2/c1-25(2,3)36-24(32)28-17-6-5-7-18(13-17)30-21-15(14-27-23(29-21)37(4,33)34)12-20(22(30)31)35-19-10-8-16(26)9-11-19;1-25(2,3)34-24(32)28-17-6-5-7-18(13-17)30-21-15(14-27-23(29-21)35-4)12-20(22(30)31)33-19-10-8-16(26)9-11-19;2-1-3/h5-14H,1-4H3,(H,28,32);5-14H,1-4H3,(H,28,32);1H2. The van der Waals surface area contributed by atoms with Crippen LogP contribution < -0.4 is 31.2 Å². The molecule has 4 heterocycles. The molecule has 0 saturated heterocycles. The number of halogens is 4. The number of hydrogen-bond donors (Lipinski definition) is 2. The topological polar surface area (TPSA) is 225 Å². The first kappa shape index (κ1) is 56.6. The second-order valence-corrected chi connectivity index (χ2v) is 21.2. The molecule has 392 valence electrons. The Labute approximate surface area is 442 Å². The molecule has 24 heteroatoms. The van der Waals surface area contributed by atoms with Gasteiger partial charge in [-0.15, -0.1) is 23.2 Å². The molecule has 18 nitrogen and oxygen atoms in total. The van der Waals surface area contributed by atoms with E-state index in [4.69, 9.17) is 42.1 Å². The molecule has 2 amide bonds. The average Bonchev–Trinajstić information content (AvgIpc) is 3.32. The summed E-state index contributed by atoms with van der Waals surface area (Å²) >= 11 is 10.9. The molecular weight excluding hydrogens is 1060 g/mol. The van der Waals surface area contributed by atoms with Gasteiger partial charge in [0.25, 0.3) is 11.1 Å². The van der Waals surface area contributed by atoms with Crippen LogP contribution in [-0.2, 0) is 19.3 Å². The first-order chi connectivity index (χ1) is 35.3. The highest BCUT2D eigenvalue weighted by molar-refractivity contribution is 7.98. The lowest BCUT2D eigenvalue weighted by molar-refractivity contribution is 0.0624. The number of hydrogen-bond acceptors (Lipinski definition) is 15. The first-order valence-electron chi connectivity index (χ1n) is 22.1. The van der Waals surface area contributed by atoms with Gasteiger partial charge in [-0.25, -0.2) is 41.7 Å². The van der Waals surface area contributed by atoms with Crippen LogP contribution in [0.5, 0.6) is 23.0 Å². The zero-order valence-electron chi connectivity index (χ0n) is 41.3. The summed E-state index contributed by atoms with van der Waals surface area (Å²) in [5.41, 5.74) is -0.723. The van der Waals surface area contributed by atoms with Crippen molar-refractivity contribution in [3.8, 4) is 34.4 Å². The van der Waals surface area contributed by atoms with Crippen LogP contribution in [0.2, 0.25) is 0 Å². The van der Waals surface area contributed by atoms with E-state index in [1.165, 1.54) is 83.2 Å². The van der Waals surface area contributed by atoms with E-state index in [-0.39, 0.29) is 33.9 Å². The number of ether oxygens (including phenoxy) is 4. The summed E-state index contributed by atoms with van der Waals surface area (Å²) in [6, 6.07) is 26.3. The van der Waals surface area contributed by atoms with Gasteiger partial charge >= 0.3 is 12.2 Å². The maximum Gasteiger partial charge on any atom is 0.412 e. The lowest BCUT2D eigenvalue weighted by Crippen LogP contribution is -2.27. The van der Waals surface area contributed by atoms with Crippen molar-refractivity contribution in [1.29, 1.82) is 0 Å². The van der Waals surface area contributed by atoms with Gasteiger partial charge < -0.3 is 18.9 Å². The summed E-state index contributed by atoms with van der Waals surface area (Å²) < 4.78 is 75.5. The Bertz CT molecular complexity index is 3610. The van der Waals surface area contributed by atoms with Crippen molar-refractivity contribution in [2.24, 2.45) is 0 Å². The molecule has 0 bridgehead atoms. The molecular formula is C51H48Cl2F2N8O10S2. The van der Waals surface area contributed by atoms with Crippen molar-refractivity contribution in [2.45, 2.75) is 63.1 Å². The number of carbonyl (C=O) groups excluding carboxylic acids is 2. The molecule has 4 aromatic carbocycles. The quantitative estimate of drug-likeness (QED) is 0.0738. The molecule has 8 aromatic rings. The summed E-state index contributed by atoms with van der Waals surface area (Å²) in [7, 11) is -3.79. The summed E-state index contributed by atoms with van der Waals surface area (Å²) in [5.74, 6) is -0.509. The van der Waals surface area contributed by atoms with E-state index in [2.05, 4.69) is 30.6 Å². The Kier molecular flexibility index (Phi) is 18.2. The number of sulfone groups is 1. The average molecular weight is 1110 g/mol. The molecule has 0 radical (unpaired) electrons. The van der Waals surface area contributed by atoms with Gasteiger partial charge in [0, 0.05) is 40.8 Å². The highest BCUT2D eigenvalue weighted by Gasteiger charge is 2.22. The lowest BCUT2D eigenvalue weighted by Gasteiger charge is -2.20. The van der Waals surface area contributed by atoms with E-state index in [1.807, 2.05) is 6.26 Å². The number of thioether (sulfide) groups is 1. The second kappa shape index (κ2) is 24.1. The van der Waals surface area contributed by atoms with Crippen molar-refractivity contribution in [3.63, 3.8) is 0 Å². The van der Waals surface area contributed by atoms with E-state index in [0.29, 0.717) is 44.4 Å². The van der Waals surface area contributed by atoms with Crippen LogP contribution in [0.4, 0.5) is 29.7 Å². The zero-order chi connectivity index (χ0) is 54.8. The summed E-state index contributed by atoms with van der Waals surface area (Å²) in [5, 5.41) is 6.35. The molecule has 0 aliphatic rings. The first-order valence-corrected chi connectivity index (χ1v) is 26.3. The number of nitrogens with zero attached hydrogens (tertiary/aromatic N) is 6. The van der Waals surface area contributed by atoms with Gasteiger partial charge in [-0.2, -0.15) is 4.98 Å². The third-order valence-electron chi connectivity index (χ3n) is 9.47. The molecule has 0 saturated carbocycles. The largest absolute Gasteiger partial charge is 0.452 e. The molecule has 0 aliphatic heterocycles. The number of pyridine rings is 2. The van der Waals surface area contributed by atoms with Crippen molar-refractivity contribution in [1.82, 2.24) is 29.1 Å². The normalized spacial score (nSPS) is 11.4. The minimum Gasteiger partial charge on any atom is -0.452 e. The molecule has 8 rings (SSSR count). The smallest absolute Gasteiger partial charge is 0.412 e. The maximum absolute atomic E-state index is 13.6. The maximum atomic E-state index is 13.6. The second-order valence-electron chi connectivity index (χ2n) is 17.7. The van der Waals surface area contributed by atoms with E-state index in [9.17, 15) is 36.4 Å². The molecule has 0 aliphatic carbocycles. The Morgan fingerprint density at radius 3 is 1.43 bits per heavy atom. The van der Waals surface area contributed by atoms with Crippen LogP contribution in [0.3, 0.4) is 0 Å². The molecule has 0 atom stereocenters. The molecule has 0 fully saturated rings. The van der Waals surface area contributed by atoms with Gasteiger partial charge in [0.2, 0.25) is 15.0 Å². The molecule has 4 aromatic heterocycles. The summed E-state index contributed by atoms with van der Waals surface area (Å²) in [6.45, 7) is 10.5. The van der Waals surface area contributed by atoms with Crippen LogP contribution in [0.15, 0.2) is 141 Å². The predicted molar refractivity (Wildman–Crippen MR) is 284 cm³/mol. The lowest BCUT2D eigenvalue weighted by atomic mass is 10.2. The van der Waals surface area contributed by atoms with Gasteiger partial charge in [0.15, 0.2) is 27.9 Å². The fraction of sp³-hybridized carbons (Fsp3) is 0.216. The van der Waals surface area contributed by atoms with Crippen molar-refractivity contribution in [3.05, 3.63) is 154 Å². The number of alkyl halides is 2. The van der Waals surface area contributed by atoms with Gasteiger partial charge in [0.1, 0.15) is 34.3 Å². The highest BCUT2D eigenvalue weighted by Crippen LogP contribution is 2.28. The predicted octanol–water partition coefficient (Wildman–Crippen LogP) is 11.7. The minimum absolute atomic E-state index is 0.00120. The number of amides is 2. The van der Waals surface area contributed by atoms with Gasteiger partial charge in [-0.3, -0.25) is 29.4 Å². The number of aromatic nitrogens is 6. The third kappa shape index (κ3) is 15.7.